The zero-order valence-corrected chi connectivity index (χ0v) is 12.1. The van der Waals surface area contributed by atoms with E-state index in [9.17, 15) is 9.59 Å². The van der Waals surface area contributed by atoms with Crippen molar-refractivity contribution in [3.8, 4) is 0 Å². The summed E-state index contributed by atoms with van der Waals surface area (Å²) in [5.41, 5.74) is 1.22. The standard InChI is InChI=1S/C14H9Cl2N3O2/c15-10-2-1-3-11(12(10)16)18-7-19-13(20)8-4-5-17-6-9(8)14(19)21/h1-6,18H,7H2. The van der Waals surface area contributed by atoms with Crippen LogP contribution in [0.4, 0.5) is 5.69 Å². The maximum absolute atomic E-state index is 12.2. The summed E-state index contributed by atoms with van der Waals surface area (Å²) in [5, 5.41) is 3.68. The topological polar surface area (TPSA) is 62.3 Å². The quantitative estimate of drug-likeness (QED) is 0.882. The number of carbonyl (C=O) groups excluding carboxylic acids is 2. The van der Waals surface area contributed by atoms with E-state index in [4.69, 9.17) is 23.2 Å². The van der Waals surface area contributed by atoms with Crippen molar-refractivity contribution < 1.29 is 9.59 Å². The van der Waals surface area contributed by atoms with E-state index in [0.717, 1.165) is 4.90 Å². The summed E-state index contributed by atoms with van der Waals surface area (Å²) in [5.74, 6) is -0.739. The zero-order valence-electron chi connectivity index (χ0n) is 10.6. The van der Waals surface area contributed by atoms with Crippen LogP contribution in [-0.2, 0) is 0 Å². The fourth-order valence-electron chi connectivity index (χ4n) is 2.08. The number of imide groups is 1. The molecule has 1 aliphatic rings. The number of carbonyl (C=O) groups is 2. The predicted molar refractivity (Wildman–Crippen MR) is 79.7 cm³/mol. The van der Waals surface area contributed by atoms with Gasteiger partial charge in [0.15, 0.2) is 0 Å². The Morgan fingerprint density at radius 3 is 2.62 bits per heavy atom. The molecule has 7 heteroatoms. The summed E-state index contributed by atoms with van der Waals surface area (Å²) in [6, 6.07) is 6.63. The minimum atomic E-state index is -0.381. The SMILES string of the molecule is O=C1c2ccncc2C(=O)N1CNc1cccc(Cl)c1Cl. The van der Waals surface area contributed by atoms with Gasteiger partial charge in [-0.3, -0.25) is 19.5 Å². The lowest BCUT2D eigenvalue weighted by atomic mass is 10.2. The van der Waals surface area contributed by atoms with Crippen molar-refractivity contribution in [2.75, 3.05) is 12.0 Å². The van der Waals surface area contributed by atoms with E-state index in [1.165, 1.54) is 18.5 Å². The van der Waals surface area contributed by atoms with Gasteiger partial charge in [-0.1, -0.05) is 29.3 Å². The number of fused-ring (bicyclic) bond motifs is 1. The lowest BCUT2D eigenvalue weighted by Crippen LogP contribution is -2.34. The molecule has 0 atom stereocenters. The Morgan fingerprint density at radius 1 is 1.10 bits per heavy atom. The van der Waals surface area contributed by atoms with Gasteiger partial charge >= 0.3 is 0 Å². The lowest BCUT2D eigenvalue weighted by Gasteiger charge is -2.16. The number of amides is 2. The average Bonchev–Trinajstić information content (AvgIpc) is 2.73. The largest absolute Gasteiger partial charge is 0.366 e. The van der Waals surface area contributed by atoms with E-state index in [1.54, 1.807) is 18.2 Å². The number of pyridine rings is 1. The van der Waals surface area contributed by atoms with Crippen LogP contribution in [0.3, 0.4) is 0 Å². The van der Waals surface area contributed by atoms with Crippen molar-refractivity contribution >= 4 is 40.7 Å². The van der Waals surface area contributed by atoms with Crippen LogP contribution in [0.2, 0.25) is 10.0 Å². The van der Waals surface area contributed by atoms with Gasteiger partial charge in [0.05, 0.1) is 33.5 Å². The first-order valence-corrected chi connectivity index (χ1v) is 6.83. The number of benzene rings is 1. The molecule has 0 unspecified atom stereocenters. The summed E-state index contributed by atoms with van der Waals surface area (Å²) in [6.45, 7) is 0.00636. The Balaban J connectivity index is 1.80. The summed E-state index contributed by atoms with van der Waals surface area (Å²) < 4.78 is 0. The number of aromatic nitrogens is 1. The highest BCUT2D eigenvalue weighted by molar-refractivity contribution is 6.43. The number of hydrogen-bond acceptors (Lipinski definition) is 4. The van der Waals surface area contributed by atoms with E-state index in [2.05, 4.69) is 10.3 Å². The van der Waals surface area contributed by atoms with Gasteiger partial charge in [-0.05, 0) is 18.2 Å². The molecule has 21 heavy (non-hydrogen) atoms. The van der Waals surface area contributed by atoms with Crippen LogP contribution < -0.4 is 5.32 Å². The lowest BCUT2D eigenvalue weighted by molar-refractivity contribution is 0.0666. The molecule has 1 aromatic carbocycles. The van der Waals surface area contributed by atoms with E-state index in [-0.39, 0.29) is 18.5 Å². The van der Waals surface area contributed by atoms with E-state index in [0.29, 0.717) is 26.9 Å². The van der Waals surface area contributed by atoms with Crippen LogP contribution in [0.25, 0.3) is 0 Å². The molecule has 3 rings (SSSR count). The Labute approximate surface area is 130 Å². The summed E-state index contributed by atoms with van der Waals surface area (Å²) in [6.07, 6.45) is 2.87. The molecule has 106 valence electrons. The van der Waals surface area contributed by atoms with Crippen molar-refractivity contribution in [2.24, 2.45) is 0 Å². The third-order valence-electron chi connectivity index (χ3n) is 3.15. The number of rotatable bonds is 3. The molecular formula is C14H9Cl2N3O2. The number of nitrogens with zero attached hydrogens (tertiary/aromatic N) is 2. The molecule has 0 saturated heterocycles. The summed E-state index contributed by atoms with van der Waals surface area (Å²) >= 11 is 12.0. The minimum Gasteiger partial charge on any atom is -0.366 e. The molecule has 0 fully saturated rings. The number of halogens is 2. The second-order valence-electron chi connectivity index (χ2n) is 4.40. The van der Waals surface area contributed by atoms with Gasteiger partial charge in [0.1, 0.15) is 0 Å². The Hall–Kier alpha value is -2.11. The molecule has 5 nitrogen and oxygen atoms in total. The maximum Gasteiger partial charge on any atom is 0.264 e. The molecule has 2 heterocycles. The van der Waals surface area contributed by atoms with Crippen LogP contribution in [0, 0.1) is 0 Å². The van der Waals surface area contributed by atoms with Crippen LogP contribution in [-0.4, -0.2) is 28.4 Å². The second kappa shape index (κ2) is 5.35. The maximum atomic E-state index is 12.2. The van der Waals surface area contributed by atoms with E-state index < -0.39 is 0 Å². The molecule has 0 radical (unpaired) electrons. The zero-order chi connectivity index (χ0) is 15.0. The monoisotopic (exact) mass is 321 g/mol. The summed E-state index contributed by atoms with van der Waals surface area (Å²) in [7, 11) is 0. The smallest absolute Gasteiger partial charge is 0.264 e. The van der Waals surface area contributed by atoms with Gasteiger partial charge in [0.25, 0.3) is 11.8 Å². The summed E-state index contributed by atoms with van der Waals surface area (Å²) in [4.78, 5) is 29.3. The molecule has 0 aliphatic carbocycles. The van der Waals surface area contributed by atoms with Crippen LogP contribution in [0.15, 0.2) is 36.7 Å². The third-order valence-corrected chi connectivity index (χ3v) is 3.97. The van der Waals surface area contributed by atoms with Crippen molar-refractivity contribution in [3.05, 3.63) is 57.8 Å². The van der Waals surface area contributed by atoms with Gasteiger partial charge in [-0.25, -0.2) is 0 Å². The van der Waals surface area contributed by atoms with Crippen molar-refractivity contribution in [3.63, 3.8) is 0 Å². The number of hydrogen-bond donors (Lipinski definition) is 1. The molecule has 1 N–H and O–H groups in total. The molecule has 1 aliphatic heterocycles. The normalized spacial score (nSPS) is 13.5. The van der Waals surface area contributed by atoms with Gasteiger partial charge in [0, 0.05) is 12.4 Å². The number of nitrogens with one attached hydrogen (secondary N) is 1. The van der Waals surface area contributed by atoms with Gasteiger partial charge < -0.3 is 5.32 Å². The minimum absolute atomic E-state index is 0.00636. The Morgan fingerprint density at radius 2 is 1.86 bits per heavy atom. The highest BCUT2D eigenvalue weighted by atomic mass is 35.5. The van der Waals surface area contributed by atoms with Gasteiger partial charge in [-0.2, -0.15) is 0 Å². The molecule has 1 aromatic heterocycles. The highest BCUT2D eigenvalue weighted by Gasteiger charge is 2.35. The molecule has 0 bridgehead atoms. The van der Waals surface area contributed by atoms with E-state index in [1.807, 2.05) is 0 Å². The first-order chi connectivity index (χ1) is 10.1. The van der Waals surface area contributed by atoms with Crippen molar-refractivity contribution in [2.45, 2.75) is 0 Å². The molecule has 2 amide bonds. The molecule has 2 aromatic rings. The fraction of sp³-hybridized carbons (Fsp3) is 0.0714. The second-order valence-corrected chi connectivity index (χ2v) is 5.18. The Bertz CT molecular complexity index is 714. The highest BCUT2D eigenvalue weighted by Crippen LogP contribution is 2.30. The van der Waals surface area contributed by atoms with Crippen LogP contribution in [0.5, 0.6) is 0 Å². The van der Waals surface area contributed by atoms with Gasteiger partial charge in [0.2, 0.25) is 0 Å². The Kier molecular flexibility index (Phi) is 3.53. The van der Waals surface area contributed by atoms with Crippen molar-refractivity contribution in [1.29, 1.82) is 0 Å². The van der Waals surface area contributed by atoms with Crippen LogP contribution in [0.1, 0.15) is 20.7 Å². The van der Waals surface area contributed by atoms with Crippen molar-refractivity contribution in [1.82, 2.24) is 9.88 Å². The molecule has 0 saturated carbocycles. The van der Waals surface area contributed by atoms with Gasteiger partial charge in [-0.15, -0.1) is 0 Å². The van der Waals surface area contributed by atoms with Crippen LogP contribution >= 0.6 is 23.2 Å². The predicted octanol–water partition coefficient (Wildman–Crippen LogP) is 3.05. The molecule has 0 spiro atoms. The molecular weight excluding hydrogens is 313 g/mol. The van der Waals surface area contributed by atoms with E-state index >= 15 is 0 Å². The first-order valence-electron chi connectivity index (χ1n) is 6.07. The first kappa shape index (κ1) is 13.9. The third kappa shape index (κ3) is 2.34. The fourth-order valence-corrected chi connectivity index (χ4v) is 2.45. The average molecular weight is 322 g/mol. The number of anilines is 1.